The van der Waals surface area contributed by atoms with Crippen LogP contribution in [0.3, 0.4) is 0 Å². The van der Waals surface area contributed by atoms with Crippen LogP contribution < -0.4 is 5.32 Å². The summed E-state index contributed by atoms with van der Waals surface area (Å²) in [5, 5.41) is 2.51. The Morgan fingerprint density at radius 3 is 2.30 bits per heavy atom. The maximum atomic E-state index is 12.7. The molecular weight excluding hydrogens is 372 g/mol. The third-order valence-electron chi connectivity index (χ3n) is 3.84. The molecule has 0 aliphatic carbocycles. The summed E-state index contributed by atoms with van der Waals surface area (Å²) in [5.74, 6) is -1.38. The largest absolute Gasteiger partial charge is 0.456 e. The summed E-state index contributed by atoms with van der Waals surface area (Å²) < 4.78 is 31.5. The molecule has 1 rings (SSSR count). The van der Waals surface area contributed by atoms with Gasteiger partial charge in [0.2, 0.25) is 10.0 Å². The van der Waals surface area contributed by atoms with Gasteiger partial charge in [-0.2, -0.15) is 4.31 Å². The molecule has 0 aliphatic rings. The van der Waals surface area contributed by atoms with Crippen molar-refractivity contribution in [1.82, 2.24) is 4.31 Å². The van der Waals surface area contributed by atoms with E-state index in [9.17, 15) is 22.8 Å². The fourth-order valence-electron chi connectivity index (χ4n) is 2.35. The first-order chi connectivity index (χ1) is 12.6. The lowest BCUT2D eigenvalue weighted by Gasteiger charge is -2.20. The van der Waals surface area contributed by atoms with Crippen LogP contribution in [0.5, 0.6) is 0 Å². The standard InChI is InChI=1S/C18H26N2O6S/c1-5-20(6-2)27(24,25)16-11-15(9-7-13(16)3)19-17(22)12-26-18(23)10-8-14(4)21/h7,9,11H,5-6,8,10,12H2,1-4H3,(H,19,22). The molecule has 0 heterocycles. The van der Waals surface area contributed by atoms with Crippen molar-refractivity contribution >= 4 is 33.4 Å². The van der Waals surface area contributed by atoms with E-state index in [-0.39, 0.29) is 29.2 Å². The van der Waals surface area contributed by atoms with Gasteiger partial charge in [-0.05, 0) is 31.5 Å². The third kappa shape index (κ3) is 6.76. The second-order valence-corrected chi connectivity index (χ2v) is 7.89. The van der Waals surface area contributed by atoms with Gasteiger partial charge in [-0.3, -0.25) is 9.59 Å². The van der Waals surface area contributed by atoms with Crippen LogP contribution >= 0.6 is 0 Å². The Morgan fingerprint density at radius 1 is 1.11 bits per heavy atom. The molecule has 27 heavy (non-hydrogen) atoms. The Balaban J connectivity index is 2.81. The second kappa shape index (κ2) is 10.2. The predicted octanol–water partition coefficient (Wildman–Crippen LogP) is 1.88. The number of nitrogens with zero attached hydrogens (tertiary/aromatic N) is 1. The molecule has 0 atom stereocenters. The number of esters is 1. The topological polar surface area (TPSA) is 110 Å². The van der Waals surface area contributed by atoms with Crippen LogP contribution in [-0.2, 0) is 29.1 Å². The smallest absolute Gasteiger partial charge is 0.306 e. The number of hydrogen-bond acceptors (Lipinski definition) is 6. The molecule has 0 aromatic heterocycles. The zero-order chi connectivity index (χ0) is 20.6. The molecule has 0 spiro atoms. The molecule has 1 aromatic rings. The Bertz CT molecular complexity index is 800. The normalized spacial score (nSPS) is 11.3. The molecule has 1 aromatic carbocycles. The number of aryl methyl sites for hydroxylation is 1. The average molecular weight is 398 g/mol. The van der Waals surface area contributed by atoms with Crippen molar-refractivity contribution in [2.24, 2.45) is 0 Å². The zero-order valence-electron chi connectivity index (χ0n) is 16.1. The summed E-state index contributed by atoms with van der Waals surface area (Å²) in [5.41, 5.74) is 0.853. The Hall–Kier alpha value is -2.26. The van der Waals surface area contributed by atoms with Gasteiger partial charge in [-0.1, -0.05) is 19.9 Å². The van der Waals surface area contributed by atoms with Gasteiger partial charge in [-0.15, -0.1) is 0 Å². The van der Waals surface area contributed by atoms with Gasteiger partial charge in [0.15, 0.2) is 6.61 Å². The fraction of sp³-hybridized carbons (Fsp3) is 0.500. The summed E-state index contributed by atoms with van der Waals surface area (Å²) in [6.07, 6.45) is -0.0234. The molecule has 0 unspecified atom stereocenters. The van der Waals surface area contributed by atoms with Crippen LogP contribution in [0.4, 0.5) is 5.69 Å². The number of ether oxygens (including phenoxy) is 1. The maximum absolute atomic E-state index is 12.7. The average Bonchev–Trinajstić information content (AvgIpc) is 2.60. The first-order valence-electron chi connectivity index (χ1n) is 8.67. The first kappa shape index (κ1) is 22.8. The van der Waals surface area contributed by atoms with Crippen molar-refractivity contribution in [3.8, 4) is 0 Å². The van der Waals surface area contributed by atoms with Crippen LogP contribution in [0.1, 0.15) is 39.2 Å². The molecular formula is C18H26N2O6S. The van der Waals surface area contributed by atoms with Crippen molar-refractivity contribution < 1.29 is 27.5 Å². The number of ketones is 1. The third-order valence-corrected chi connectivity index (χ3v) is 6.03. The van der Waals surface area contributed by atoms with Crippen LogP contribution in [-0.4, -0.2) is 50.1 Å². The van der Waals surface area contributed by atoms with E-state index in [1.807, 2.05) is 0 Å². The van der Waals surface area contributed by atoms with Gasteiger partial charge >= 0.3 is 5.97 Å². The van der Waals surface area contributed by atoms with Gasteiger partial charge in [0.1, 0.15) is 5.78 Å². The van der Waals surface area contributed by atoms with E-state index in [0.717, 1.165) is 0 Å². The van der Waals surface area contributed by atoms with Crippen molar-refractivity contribution in [3.63, 3.8) is 0 Å². The SMILES string of the molecule is CCN(CC)S(=O)(=O)c1cc(NC(=O)COC(=O)CCC(C)=O)ccc1C. The highest BCUT2D eigenvalue weighted by Crippen LogP contribution is 2.23. The monoisotopic (exact) mass is 398 g/mol. The van der Waals surface area contributed by atoms with E-state index in [1.165, 1.54) is 17.3 Å². The van der Waals surface area contributed by atoms with Crippen molar-refractivity contribution in [3.05, 3.63) is 23.8 Å². The Labute approximate surface area is 159 Å². The number of benzene rings is 1. The van der Waals surface area contributed by atoms with Crippen molar-refractivity contribution in [1.29, 1.82) is 0 Å². The van der Waals surface area contributed by atoms with Crippen molar-refractivity contribution in [2.75, 3.05) is 25.0 Å². The number of Topliss-reactive ketones (excluding diaryl/α,β-unsaturated/α-hetero) is 1. The van der Waals surface area contributed by atoms with Crippen LogP contribution in [0, 0.1) is 6.92 Å². The summed E-state index contributed by atoms with van der Waals surface area (Å²) >= 11 is 0. The molecule has 0 saturated carbocycles. The number of anilines is 1. The van der Waals surface area contributed by atoms with Crippen LogP contribution in [0.2, 0.25) is 0 Å². The number of rotatable bonds is 10. The van der Waals surface area contributed by atoms with Gasteiger partial charge < -0.3 is 14.8 Å². The van der Waals surface area contributed by atoms with E-state index in [1.54, 1.807) is 32.9 Å². The summed E-state index contributed by atoms with van der Waals surface area (Å²) in [6.45, 7) is 6.71. The highest BCUT2D eigenvalue weighted by Gasteiger charge is 2.24. The maximum Gasteiger partial charge on any atom is 0.306 e. The predicted molar refractivity (Wildman–Crippen MR) is 101 cm³/mol. The molecule has 9 heteroatoms. The second-order valence-electron chi connectivity index (χ2n) is 5.98. The quantitative estimate of drug-likeness (QED) is 0.603. The molecule has 0 fully saturated rings. The fourth-order valence-corrected chi connectivity index (χ4v) is 4.06. The van der Waals surface area contributed by atoms with E-state index >= 15 is 0 Å². The summed E-state index contributed by atoms with van der Waals surface area (Å²) in [6, 6.07) is 4.56. The highest BCUT2D eigenvalue weighted by atomic mass is 32.2. The highest BCUT2D eigenvalue weighted by molar-refractivity contribution is 7.89. The van der Waals surface area contributed by atoms with Gasteiger partial charge in [0.25, 0.3) is 5.91 Å². The minimum absolute atomic E-state index is 0.0605. The van der Waals surface area contributed by atoms with Gasteiger partial charge in [-0.25, -0.2) is 8.42 Å². The number of carbonyl (C=O) groups excluding carboxylic acids is 3. The molecule has 0 radical (unpaired) electrons. The lowest BCUT2D eigenvalue weighted by Crippen LogP contribution is -2.31. The molecule has 0 bridgehead atoms. The molecule has 150 valence electrons. The number of nitrogens with one attached hydrogen (secondary N) is 1. The number of amides is 1. The van der Waals surface area contributed by atoms with Crippen molar-refractivity contribution in [2.45, 2.75) is 45.4 Å². The van der Waals surface area contributed by atoms with Gasteiger partial charge in [0.05, 0.1) is 11.3 Å². The molecule has 1 N–H and O–H groups in total. The summed E-state index contributed by atoms with van der Waals surface area (Å²) in [4.78, 5) is 34.3. The lowest BCUT2D eigenvalue weighted by molar-refractivity contribution is -0.148. The lowest BCUT2D eigenvalue weighted by atomic mass is 10.2. The summed E-state index contributed by atoms with van der Waals surface area (Å²) in [7, 11) is -3.67. The zero-order valence-corrected chi connectivity index (χ0v) is 16.9. The number of hydrogen-bond donors (Lipinski definition) is 1. The van der Waals surface area contributed by atoms with Crippen LogP contribution in [0.15, 0.2) is 23.1 Å². The molecule has 0 aliphatic heterocycles. The number of carbonyl (C=O) groups is 3. The van der Waals surface area contributed by atoms with E-state index < -0.39 is 28.5 Å². The molecule has 1 amide bonds. The van der Waals surface area contributed by atoms with E-state index in [2.05, 4.69) is 5.32 Å². The van der Waals surface area contributed by atoms with Crippen LogP contribution in [0.25, 0.3) is 0 Å². The number of sulfonamides is 1. The Kier molecular flexibility index (Phi) is 8.58. The van der Waals surface area contributed by atoms with Gasteiger partial charge in [0, 0.05) is 25.2 Å². The van der Waals surface area contributed by atoms with E-state index in [0.29, 0.717) is 18.7 Å². The Morgan fingerprint density at radius 2 is 1.74 bits per heavy atom. The van der Waals surface area contributed by atoms with E-state index in [4.69, 9.17) is 4.74 Å². The molecule has 0 saturated heterocycles. The minimum Gasteiger partial charge on any atom is -0.456 e. The molecule has 8 nitrogen and oxygen atoms in total. The first-order valence-corrected chi connectivity index (χ1v) is 10.1. The minimum atomic E-state index is -3.67.